The van der Waals surface area contributed by atoms with Gasteiger partial charge in [-0.2, -0.15) is 0 Å². The van der Waals surface area contributed by atoms with E-state index in [4.69, 9.17) is 0 Å². The fourth-order valence-electron chi connectivity index (χ4n) is 1.51. The lowest BCUT2D eigenvalue weighted by Crippen LogP contribution is -2.25. The van der Waals surface area contributed by atoms with Crippen molar-refractivity contribution in [1.82, 2.24) is 5.32 Å². The van der Waals surface area contributed by atoms with E-state index in [1.165, 1.54) is 0 Å². The molecule has 1 aromatic carbocycles. The van der Waals surface area contributed by atoms with Crippen LogP contribution in [0.15, 0.2) is 30.3 Å². The normalized spacial score (nSPS) is 12.1. The third kappa shape index (κ3) is 4.45. The summed E-state index contributed by atoms with van der Waals surface area (Å²) in [4.78, 5) is 11.2. The summed E-state index contributed by atoms with van der Waals surface area (Å²) >= 11 is 0. The smallest absolute Gasteiger partial charge is 0.219 e. The largest absolute Gasteiger partial charge is 0.388 e. The number of amides is 1. The maximum absolute atomic E-state index is 11.2. The van der Waals surface area contributed by atoms with Crippen LogP contribution in [0.5, 0.6) is 0 Å². The molecule has 0 saturated carbocycles. The van der Waals surface area contributed by atoms with Crippen molar-refractivity contribution in [2.75, 3.05) is 6.54 Å². The number of hydrogen-bond acceptors (Lipinski definition) is 2. The average molecular weight is 221 g/mol. The van der Waals surface area contributed by atoms with Gasteiger partial charge in [0.2, 0.25) is 5.91 Å². The van der Waals surface area contributed by atoms with E-state index in [0.717, 1.165) is 12.0 Å². The van der Waals surface area contributed by atoms with Gasteiger partial charge in [0.05, 0.1) is 6.10 Å². The molecule has 16 heavy (non-hydrogen) atoms. The number of aliphatic hydroxyl groups is 1. The van der Waals surface area contributed by atoms with Gasteiger partial charge in [0.15, 0.2) is 0 Å². The highest BCUT2D eigenvalue weighted by Crippen LogP contribution is 2.14. The van der Waals surface area contributed by atoms with Gasteiger partial charge in [0.1, 0.15) is 0 Å². The standard InChI is InChI=1S/C13H19NO2/c1-2-6-13(16)14-10-9-12(15)11-7-4-3-5-8-11/h3-5,7-8,12,15H,2,6,9-10H2,1H3,(H,14,16). The lowest BCUT2D eigenvalue weighted by atomic mass is 10.1. The van der Waals surface area contributed by atoms with Gasteiger partial charge in [-0.05, 0) is 18.4 Å². The van der Waals surface area contributed by atoms with E-state index >= 15 is 0 Å². The molecule has 0 radical (unpaired) electrons. The van der Waals surface area contributed by atoms with Gasteiger partial charge >= 0.3 is 0 Å². The zero-order valence-corrected chi connectivity index (χ0v) is 9.65. The fourth-order valence-corrected chi connectivity index (χ4v) is 1.51. The minimum absolute atomic E-state index is 0.0581. The molecule has 3 nitrogen and oxygen atoms in total. The molecule has 0 fully saturated rings. The van der Waals surface area contributed by atoms with Crippen LogP contribution < -0.4 is 5.32 Å². The summed E-state index contributed by atoms with van der Waals surface area (Å²) in [6, 6.07) is 9.48. The van der Waals surface area contributed by atoms with Crippen molar-refractivity contribution in [2.24, 2.45) is 0 Å². The average Bonchev–Trinajstić information content (AvgIpc) is 2.30. The second-order valence-corrected chi connectivity index (χ2v) is 3.82. The fraction of sp³-hybridized carbons (Fsp3) is 0.462. The summed E-state index contributed by atoms with van der Waals surface area (Å²) in [5.74, 6) is 0.0581. The Morgan fingerprint density at radius 2 is 2.06 bits per heavy atom. The summed E-state index contributed by atoms with van der Waals surface area (Å²) < 4.78 is 0. The Balaban J connectivity index is 2.26. The third-order valence-corrected chi connectivity index (χ3v) is 2.40. The Bertz CT molecular complexity index is 311. The summed E-state index contributed by atoms with van der Waals surface area (Å²) in [6.07, 6.45) is 1.47. The summed E-state index contributed by atoms with van der Waals surface area (Å²) in [5, 5.41) is 12.6. The quantitative estimate of drug-likeness (QED) is 0.772. The van der Waals surface area contributed by atoms with Crippen molar-refractivity contribution in [3.8, 4) is 0 Å². The number of nitrogens with one attached hydrogen (secondary N) is 1. The second kappa shape index (κ2) is 7.01. The van der Waals surface area contributed by atoms with Crippen molar-refractivity contribution >= 4 is 5.91 Å². The molecular formula is C13H19NO2. The van der Waals surface area contributed by atoms with Crippen molar-refractivity contribution in [2.45, 2.75) is 32.3 Å². The van der Waals surface area contributed by atoms with Crippen LogP contribution in [-0.4, -0.2) is 17.6 Å². The van der Waals surface area contributed by atoms with Crippen LogP contribution in [0.3, 0.4) is 0 Å². The van der Waals surface area contributed by atoms with Crippen molar-refractivity contribution in [3.05, 3.63) is 35.9 Å². The molecule has 88 valence electrons. The molecule has 1 rings (SSSR count). The molecule has 0 saturated heterocycles. The first-order valence-corrected chi connectivity index (χ1v) is 5.73. The minimum Gasteiger partial charge on any atom is -0.388 e. The highest BCUT2D eigenvalue weighted by molar-refractivity contribution is 5.75. The van der Waals surface area contributed by atoms with Crippen LogP contribution in [0.2, 0.25) is 0 Å². The minimum atomic E-state index is -0.497. The van der Waals surface area contributed by atoms with Crippen molar-refractivity contribution in [3.63, 3.8) is 0 Å². The Labute approximate surface area is 96.5 Å². The van der Waals surface area contributed by atoms with E-state index in [2.05, 4.69) is 5.32 Å². The molecule has 1 atom stereocenters. The number of carbonyl (C=O) groups excluding carboxylic acids is 1. The van der Waals surface area contributed by atoms with Crippen LogP contribution in [-0.2, 0) is 4.79 Å². The Morgan fingerprint density at radius 1 is 1.38 bits per heavy atom. The second-order valence-electron chi connectivity index (χ2n) is 3.82. The molecular weight excluding hydrogens is 202 g/mol. The zero-order chi connectivity index (χ0) is 11.8. The van der Waals surface area contributed by atoms with E-state index in [0.29, 0.717) is 19.4 Å². The van der Waals surface area contributed by atoms with E-state index in [9.17, 15) is 9.90 Å². The van der Waals surface area contributed by atoms with Gasteiger partial charge in [-0.3, -0.25) is 4.79 Å². The Kier molecular flexibility index (Phi) is 5.57. The molecule has 0 heterocycles. The molecule has 0 spiro atoms. The third-order valence-electron chi connectivity index (χ3n) is 2.40. The molecule has 0 aliphatic rings. The number of hydrogen-bond donors (Lipinski definition) is 2. The summed E-state index contributed by atoms with van der Waals surface area (Å²) in [6.45, 7) is 2.49. The van der Waals surface area contributed by atoms with Gasteiger partial charge in [-0.1, -0.05) is 37.3 Å². The first-order chi connectivity index (χ1) is 7.74. The van der Waals surface area contributed by atoms with Crippen LogP contribution in [0.4, 0.5) is 0 Å². The Hall–Kier alpha value is -1.35. The van der Waals surface area contributed by atoms with Crippen molar-refractivity contribution < 1.29 is 9.90 Å². The maximum atomic E-state index is 11.2. The summed E-state index contributed by atoms with van der Waals surface area (Å²) in [7, 11) is 0. The van der Waals surface area contributed by atoms with Crippen molar-refractivity contribution in [1.29, 1.82) is 0 Å². The molecule has 0 bridgehead atoms. The van der Waals surface area contributed by atoms with E-state index in [1.807, 2.05) is 37.3 Å². The molecule has 2 N–H and O–H groups in total. The first kappa shape index (κ1) is 12.7. The van der Waals surface area contributed by atoms with Gasteiger partial charge in [0, 0.05) is 13.0 Å². The lowest BCUT2D eigenvalue weighted by Gasteiger charge is -2.11. The SMILES string of the molecule is CCCC(=O)NCCC(O)c1ccccc1. The molecule has 0 aliphatic heterocycles. The number of carbonyl (C=O) groups is 1. The predicted octanol–water partition coefficient (Wildman–Crippen LogP) is 2.03. The monoisotopic (exact) mass is 221 g/mol. The van der Waals surface area contributed by atoms with Crippen LogP contribution in [0, 0.1) is 0 Å². The van der Waals surface area contributed by atoms with Crippen LogP contribution >= 0.6 is 0 Å². The zero-order valence-electron chi connectivity index (χ0n) is 9.65. The highest BCUT2D eigenvalue weighted by atomic mass is 16.3. The van der Waals surface area contributed by atoms with Crippen LogP contribution in [0.1, 0.15) is 37.9 Å². The number of aliphatic hydroxyl groups excluding tert-OH is 1. The maximum Gasteiger partial charge on any atom is 0.219 e. The molecule has 0 aliphatic carbocycles. The first-order valence-electron chi connectivity index (χ1n) is 5.73. The predicted molar refractivity (Wildman–Crippen MR) is 63.9 cm³/mol. The van der Waals surface area contributed by atoms with E-state index < -0.39 is 6.10 Å². The summed E-state index contributed by atoms with van der Waals surface area (Å²) in [5.41, 5.74) is 0.896. The van der Waals surface area contributed by atoms with E-state index in [-0.39, 0.29) is 5.91 Å². The Morgan fingerprint density at radius 3 is 2.69 bits per heavy atom. The van der Waals surface area contributed by atoms with Gasteiger partial charge in [0.25, 0.3) is 0 Å². The lowest BCUT2D eigenvalue weighted by molar-refractivity contribution is -0.121. The molecule has 1 unspecified atom stereocenters. The van der Waals surface area contributed by atoms with Crippen LogP contribution in [0.25, 0.3) is 0 Å². The molecule has 0 aromatic heterocycles. The number of benzene rings is 1. The topological polar surface area (TPSA) is 49.3 Å². The van der Waals surface area contributed by atoms with Gasteiger partial charge in [-0.15, -0.1) is 0 Å². The van der Waals surface area contributed by atoms with Gasteiger partial charge in [-0.25, -0.2) is 0 Å². The number of rotatable bonds is 6. The highest BCUT2D eigenvalue weighted by Gasteiger charge is 2.06. The molecule has 1 amide bonds. The molecule has 3 heteroatoms. The van der Waals surface area contributed by atoms with E-state index in [1.54, 1.807) is 0 Å². The van der Waals surface area contributed by atoms with Gasteiger partial charge < -0.3 is 10.4 Å². The molecule has 1 aromatic rings.